The monoisotopic (exact) mass is 307 g/mol. The van der Waals surface area contributed by atoms with Crippen molar-refractivity contribution in [3.63, 3.8) is 0 Å². The molecule has 0 radical (unpaired) electrons. The summed E-state index contributed by atoms with van der Waals surface area (Å²) < 4.78 is 4.97. The number of amides is 2. The van der Waals surface area contributed by atoms with E-state index in [1.807, 2.05) is 0 Å². The Morgan fingerprint density at radius 2 is 1.86 bits per heavy atom. The van der Waals surface area contributed by atoms with Crippen LogP contribution in [0.25, 0.3) is 0 Å². The molecule has 2 N–H and O–H groups in total. The molecule has 0 unspecified atom stereocenters. The molecule has 0 aliphatic carbocycles. The Hall–Kier alpha value is -2.34. The van der Waals surface area contributed by atoms with E-state index in [2.05, 4.69) is 16.0 Å². The highest BCUT2D eigenvalue weighted by molar-refractivity contribution is 6.30. The molecule has 0 aliphatic rings. The van der Waals surface area contributed by atoms with E-state index in [9.17, 15) is 9.59 Å². The maximum Gasteiger partial charge on any atom is 0.269 e. The van der Waals surface area contributed by atoms with Crippen LogP contribution in [-0.2, 0) is 11.2 Å². The number of hydrogen-bond donors (Lipinski definition) is 2. The van der Waals surface area contributed by atoms with Gasteiger partial charge in [-0.05, 0) is 38.1 Å². The molecule has 6 nitrogen and oxygen atoms in total. The van der Waals surface area contributed by atoms with E-state index in [1.165, 1.54) is 0 Å². The second kappa shape index (κ2) is 6.41. The largest absolute Gasteiger partial charge is 0.361 e. The van der Waals surface area contributed by atoms with Crippen LogP contribution in [0.5, 0.6) is 0 Å². The second-order valence-corrected chi connectivity index (χ2v) is 4.93. The van der Waals surface area contributed by atoms with Crippen molar-refractivity contribution < 1.29 is 14.1 Å². The fourth-order valence-electron chi connectivity index (χ4n) is 1.76. The van der Waals surface area contributed by atoms with Crippen molar-refractivity contribution in [1.29, 1.82) is 0 Å². The van der Waals surface area contributed by atoms with Crippen LogP contribution in [0.15, 0.2) is 28.8 Å². The van der Waals surface area contributed by atoms with Crippen LogP contribution in [0.3, 0.4) is 0 Å². The number of nitrogens with zero attached hydrogens (tertiary/aromatic N) is 1. The van der Waals surface area contributed by atoms with Crippen molar-refractivity contribution >= 4 is 23.4 Å². The van der Waals surface area contributed by atoms with Crippen LogP contribution in [0, 0.1) is 13.8 Å². The summed E-state index contributed by atoms with van der Waals surface area (Å²) in [5, 5.41) is 4.30. The number of rotatable bonds is 3. The quantitative estimate of drug-likeness (QED) is 0.849. The molecule has 1 heterocycles. The Kier molecular flexibility index (Phi) is 4.59. The van der Waals surface area contributed by atoms with Gasteiger partial charge in [0.2, 0.25) is 5.91 Å². The number of carbonyl (C=O) groups excluding carboxylic acids is 2. The lowest BCUT2D eigenvalue weighted by Gasteiger charge is -2.07. The van der Waals surface area contributed by atoms with E-state index in [-0.39, 0.29) is 12.3 Å². The predicted molar refractivity (Wildman–Crippen MR) is 76.7 cm³/mol. The number of halogens is 1. The fraction of sp³-hybridized carbons (Fsp3) is 0.214. The zero-order valence-corrected chi connectivity index (χ0v) is 12.3. The van der Waals surface area contributed by atoms with Gasteiger partial charge in [-0.3, -0.25) is 20.4 Å². The molecule has 0 bridgehead atoms. The second-order valence-electron chi connectivity index (χ2n) is 4.49. The maximum atomic E-state index is 11.8. The average molecular weight is 308 g/mol. The summed E-state index contributed by atoms with van der Waals surface area (Å²) in [6, 6.07) is 6.33. The summed E-state index contributed by atoms with van der Waals surface area (Å²) in [6.07, 6.45) is 0.0854. The van der Waals surface area contributed by atoms with Gasteiger partial charge in [0.15, 0.2) is 0 Å². The van der Waals surface area contributed by atoms with E-state index in [0.29, 0.717) is 27.6 Å². The topological polar surface area (TPSA) is 84.2 Å². The van der Waals surface area contributed by atoms with Crippen molar-refractivity contribution in [2.45, 2.75) is 20.3 Å². The maximum absolute atomic E-state index is 11.8. The minimum absolute atomic E-state index is 0.0854. The first-order valence-electron chi connectivity index (χ1n) is 6.24. The van der Waals surface area contributed by atoms with Gasteiger partial charge in [0.25, 0.3) is 5.91 Å². The summed E-state index contributed by atoms with van der Waals surface area (Å²) in [5.41, 5.74) is 6.46. The van der Waals surface area contributed by atoms with Crippen LogP contribution in [-0.4, -0.2) is 17.0 Å². The highest BCUT2D eigenvalue weighted by atomic mass is 35.5. The number of carbonyl (C=O) groups is 2. The molecule has 0 saturated carbocycles. The normalized spacial score (nSPS) is 10.2. The molecule has 2 rings (SSSR count). The third-order valence-corrected chi connectivity index (χ3v) is 3.19. The number of aromatic nitrogens is 1. The first-order valence-corrected chi connectivity index (χ1v) is 6.61. The Bertz CT molecular complexity index is 645. The van der Waals surface area contributed by atoms with E-state index < -0.39 is 5.91 Å². The van der Waals surface area contributed by atoms with Crippen molar-refractivity contribution in [1.82, 2.24) is 16.0 Å². The number of aryl methyl sites for hydroxylation is 2. The minimum Gasteiger partial charge on any atom is -0.361 e. The molecule has 7 heteroatoms. The zero-order chi connectivity index (χ0) is 15.4. The first-order chi connectivity index (χ1) is 9.97. The SMILES string of the molecule is Cc1noc(C)c1CC(=O)NNC(=O)c1ccc(Cl)cc1. The molecule has 2 aromatic rings. The van der Waals surface area contributed by atoms with Crippen molar-refractivity contribution in [2.24, 2.45) is 0 Å². The summed E-state index contributed by atoms with van der Waals surface area (Å²) in [7, 11) is 0. The molecule has 1 aromatic heterocycles. The fourth-order valence-corrected chi connectivity index (χ4v) is 1.88. The highest BCUT2D eigenvalue weighted by Crippen LogP contribution is 2.12. The third kappa shape index (κ3) is 3.82. The lowest BCUT2D eigenvalue weighted by atomic mass is 10.1. The van der Waals surface area contributed by atoms with Gasteiger partial charge < -0.3 is 4.52 Å². The molecule has 110 valence electrons. The lowest BCUT2D eigenvalue weighted by Crippen LogP contribution is -2.42. The smallest absolute Gasteiger partial charge is 0.269 e. The Labute approximate surface area is 126 Å². The third-order valence-electron chi connectivity index (χ3n) is 2.94. The number of benzene rings is 1. The molecule has 21 heavy (non-hydrogen) atoms. The number of nitrogens with one attached hydrogen (secondary N) is 2. The number of hydrogen-bond acceptors (Lipinski definition) is 4. The molecule has 0 saturated heterocycles. The van der Waals surface area contributed by atoms with Gasteiger partial charge in [-0.1, -0.05) is 16.8 Å². The van der Waals surface area contributed by atoms with Gasteiger partial charge in [-0.25, -0.2) is 0 Å². The van der Waals surface area contributed by atoms with E-state index >= 15 is 0 Å². The van der Waals surface area contributed by atoms with Gasteiger partial charge in [-0.15, -0.1) is 0 Å². The van der Waals surface area contributed by atoms with E-state index in [1.54, 1.807) is 38.1 Å². The summed E-state index contributed by atoms with van der Waals surface area (Å²) in [5.74, 6) is -0.183. The van der Waals surface area contributed by atoms with Crippen molar-refractivity contribution in [3.05, 3.63) is 51.9 Å². The Morgan fingerprint density at radius 3 is 2.43 bits per heavy atom. The summed E-state index contributed by atoms with van der Waals surface area (Å²) in [6.45, 7) is 3.49. The van der Waals surface area contributed by atoms with E-state index in [4.69, 9.17) is 16.1 Å². The van der Waals surface area contributed by atoms with Gasteiger partial charge in [0.05, 0.1) is 12.1 Å². The van der Waals surface area contributed by atoms with Crippen molar-refractivity contribution in [3.8, 4) is 0 Å². The summed E-state index contributed by atoms with van der Waals surface area (Å²) in [4.78, 5) is 23.6. The van der Waals surface area contributed by atoms with Gasteiger partial charge in [0, 0.05) is 16.1 Å². The van der Waals surface area contributed by atoms with Gasteiger partial charge in [0.1, 0.15) is 5.76 Å². The predicted octanol–water partition coefficient (Wildman–Crippen LogP) is 1.95. The molecule has 1 aromatic carbocycles. The molecule has 0 atom stereocenters. The highest BCUT2D eigenvalue weighted by Gasteiger charge is 2.14. The van der Waals surface area contributed by atoms with Crippen LogP contribution in [0.1, 0.15) is 27.4 Å². The van der Waals surface area contributed by atoms with Crippen LogP contribution >= 0.6 is 11.6 Å². The first kappa shape index (κ1) is 15.1. The molecular formula is C14H14ClN3O3. The average Bonchev–Trinajstić information content (AvgIpc) is 2.77. The van der Waals surface area contributed by atoms with Gasteiger partial charge >= 0.3 is 0 Å². The molecule has 2 amide bonds. The molecule has 0 spiro atoms. The van der Waals surface area contributed by atoms with Crippen LogP contribution in [0.4, 0.5) is 0 Å². The Balaban J connectivity index is 1.89. The summed E-state index contributed by atoms with van der Waals surface area (Å²) >= 11 is 5.74. The van der Waals surface area contributed by atoms with Crippen molar-refractivity contribution in [2.75, 3.05) is 0 Å². The standard InChI is InChI=1S/C14H14ClN3O3/c1-8-12(9(2)21-18-8)7-13(19)16-17-14(20)10-3-5-11(15)6-4-10/h3-6H,7H2,1-2H3,(H,16,19)(H,17,20). The molecule has 0 fully saturated rings. The van der Waals surface area contributed by atoms with Crippen LogP contribution in [0.2, 0.25) is 5.02 Å². The minimum atomic E-state index is -0.418. The van der Waals surface area contributed by atoms with Gasteiger partial charge in [-0.2, -0.15) is 0 Å². The lowest BCUT2D eigenvalue weighted by molar-refractivity contribution is -0.121. The van der Waals surface area contributed by atoms with Crippen LogP contribution < -0.4 is 10.9 Å². The zero-order valence-electron chi connectivity index (χ0n) is 11.6. The molecule has 0 aliphatic heterocycles. The van der Waals surface area contributed by atoms with E-state index in [0.717, 1.165) is 0 Å². The molecular weight excluding hydrogens is 294 g/mol. The Morgan fingerprint density at radius 1 is 1.19 bits per heavy atom. The number of hydrazine groups is 1.